The maximum atomic E-state index is 12.1. The number of alkyl carbamates (subject to hydrolysis) is 1. The molecule has 9 nitrogen and oxygen atoms in total. The molecule has 9 heteroatoms. The van der Waals surface area contributed by atoms with E-state index >= 15 is 0 Å². The van der Waals surface area contributed by atoms with Crippen LogP contribution in [-0.2, 0) is 29.7 Å². The highest BCUT2D eigenvalue weighted by atomic mass is 16.5. The summed E-state index contributed by atoms with van der Waals surface area (Å²) in [6.07, 6.45) is 2.32. The van der Waals surface area contributed by atoms with Crippen molar-refractivity contribution in [3.05, 3.63) is 65.9 Å². The van der Waals surface area contributed by atoms with Crippen molar-refractivity contribution in [2.24, 2.45) is 13.0 Å². The van der Waals surface area contributed by atoms with Gasteiger partial charge < -0.3 is 19.9 Å². The van der Waals surface area contributed by atoms with Crippen molar-refractivity contribution in [3.8, 4) is 17.0 Å². The van der Waals surface area contributed by atoms with Gasteiger partial charge >= 0.3 is 12.1 Å². The molecule has 1 aromatic heterocycles. The van der Waals surface area contributed by atoms with Crippen LogP contribution in [0.1, 0.15) is 36.9 Å². The van der Waals surface area contributed by atoms with Gasteiger partial charge in [0.15, 0.2) is 0 Å². The van der Waals surface area contributed by atoms with Crippen molar-refractivity contribution in [1.29, 1.82) is 0 Å². The van der Waals surface area contributed by atoms with Crippen LogP contribution in [0, 0.1) is 5.92 Å². The number of rotatable bonds is 8. The molecule has 2 N–H and O–H groups in total. The summed E-state index contributed by atoms with van der Waals surface area (Å²) in [6, 6.07) is 16.9. The SMILES string of the molecule is Cn1nnc(-c2ccc(O[C@H]3CCCC(C(=O)O)C3)cc2)c1CNC(=O)OCc1ccccc1. The number of aromatic nitrogens is 3. The molecule has 1 aliphatic carbocycles. The van der Waals surface area contributed by atoms with Gasteiger partial charge in [-0.25, -0.2) is 9.48 Å². The number of aliphatic carboxylic acids is 1. The van der Waals surface area contributed by atoms with Gasteiger partial charge in [-0.05, 0) is 55.5 Å². The lowest BCUT2D eigenvalue weighted by Crippen LogP contribution is -2.29. The molecule has 4 rings (SSSR count). The molecule has 0 aliphatic heterocycles. The van der Waals surface area contributed by atoms with Gasteiger partial charge in [0, 0.05) is 12.6 Å². The first-order chi connectivity index (χ1) is 16.5. The number of carboxylic acid groups (broad SMARTS) is 1. The van der Waals surface area contributed by atoms with Crippen LogP contribution >= 0.6 is 0 Å². The normalized spacial score (nSPS) is 17.7. The topological polar surface area (TPSA) is 116 Å². The number of ether oxygens (including phenoxy) is 2. The minimum Gasteiger partial charge on any atom is -0.490 e. The molecule has 2 atom stereocenters. The monoisotopic (exact) mass is 464 g/mol. The molecule has 1 unspecified atom stereocenters. The summed E-state index contributed by atoms with van der Waals surface area (Å²) in [7, 11) is 1.77. The summed E-state index contributed by atoms with van der Waals surface area (Å²) in [6.45, 7) is 0.405. The molecule has 178 valence electrons. The Balaban J connectivity index is 1.34. The summed E-state index contributed by atoms with van der Waals surface area (Å²) in [4.78, 5) is 23.4. The maximum Gasteiger partial charge on any atom is 0.407 e. The molecule has 0 spiro atoms. The van der Waals surface area contributed by atoms with E-state index in [1.807, 2.05) is 54.6 Å². The Bertz CT molecular complexity index is 1110. The van der Waals surface area contributed by atoms with E-state index in [1.165, 1.54) is 0 Å². The van der Waals surface area contributed by atoms with Gasteiger partial charge in [-0.15, -0.1) is 5.10 Å². The van der Waals surface area contributed by atoms with Crippen LogP contribution in [0.15, 0.2) is 54.6 Å². The third-order valence-electron chi connectivity index (χ3n) is 5.96. The highest BCUT2D eigenvalue weighted by molar-refractivity contribution is 5.70. The highest BCUT2D eigenvalue weighted by Gasteiger charge is 2.28. The van der Waals surface area contributed by atoms with Crippen LogP contribution in [0.5, 0.6) is 5.75 Å². The molecule has 0 bridgehead atoms. The molecule has 1 amide bonds. The van der Waals surface area contributed by atoms with Gasteiger partial charge in [0.25, 0.3) is 0 Å². The molecule has 1 saturated carbocycles. The van der Waals surface area contributed by atoms with Gasteiger partial charge in [0.1, 0.15) is 18.1 Å². The molecule has 34 heavy (non-hydrogen) atoms. The van der Waals surface area contributed by atoms with E-state index in [2.05, 4.69) is 15.6 Å². The lowest BCUT2D eigenvalue weighted by Gasteiger charge is -2.27. The van der Waals surface area contributed by atoms with Crippen LogP contribution in [0.25, 0.3) is 11.3 Å². The molecule has 0 saturated heterocycles. The minimum atomic E-state index is -0.753. The van der Waals surface area contributed by atoms with Crippen molar-refractivity contribution in [2.45, 2.75) is 44.9 Å². The molecule has 2 aromatic carbocycles. The fourth-order valence-corrected chi connectivity index (χ4v) is 4.09. The first kappa shape index (κ1) is 23.3. The standard InChI is InChI=1S/C25H28N4O5/c1-29-22(15-26-25(32)33-16-17-6-3-2-4-7-17)23(27-28-29)18-10-12-20(13-11-18)34-21-9-5-8-19(14-21)24(30)31/h2-4,6-7,10-13,19,21H,5,8-9,14-16H2,1H3,(H,26,32)(H,30,31)/t19?,21-/m0/s1. The van der Waals surface area contributed by atoms with E-state index in [0.717, 1.165) is 29.7 Å². The number of amides is 1. The number of carboxylic acids is 1. The van der Waals surface area contributed by atoms with E-state index in [0.29, 0.717) is 24.3 Å². The molecule has 1 aliphatic rings. The van der Waals surface area contributed by atoms with Crippen LogP contribution in [0.3, 0.4) is 0 Å². The predicted octanol–water partition coefficient (Wildman–Crippen LogP) is 3.93. The quantitative estimate of drug-likeness (QED) is 0.519. The third-order valence-corrected chi connectivity index (χ3v) is 5.96. The van der Waals surface area contributed by atoms with E-state index in [1.54, 1.807) is 11.7 Å². The van der Waals surface area contributed by atoms with Crippen molar-refractivity contribution in [1.82, 2.24) is 20.3 Å². The Labute approximate surface area is 197 Å². The first-order valence-corrected chi connectivity index (χ1v) is 11.3. The summed E-state index contributed by atoms with van der Waals surface area (Å²) in [5.74, 6) is -0.406. The molecule has 1 heterocycles. The Morgan fingerprint density at radius 2 is 1.88 bits per heavy atom. The molecular weight excluding hydrogens is 436 g/mol. The maximum absolute atomic E-state index is 12.1. The van der Waals surface area contributed by atoms with E-state index in [-0.39, 0.29) is 25.2 Å². The molecule has 3 aromatic rings. The zero-order valence-electron chi connectivity index (χ0n) is 19.0. The van der Waals surface area contributed by atoms with Crippen molar-refractivity contribution >= 4 is 12.1 Å². The number of benzene rings is 2. The fraction of sp³-hybridized carbons (Fsp3) is 0.360. The van der Waals surface area contributed by atoms with Crippen molar-refractivity contribution in [2.75, 3.05) is 0 Å². The third kappa shape index (κ3) is 5.92. The fourth-order valence-electron chi connectivity index (χ4n) is 4.09. The van der Waals surface area contributed by atoms with E-state index in [4.69, 9.17) is 9.47 Å². The van der Waals surface area contributed by atoms with E-state index in [9.17, 15) is 14.7 Å². The van der Waals surface area contributed by atoms with Crippen LogP contribution < -0.4 is 10.1 Å². The number of hydrogen-bond donors (Lipinski definition) is 2. The molecular formula is C25H28N4O5. The van der Waals surface area contributed by atoms with Gasteiger partial charge in [0.05, 0.1) is 24.3 Å². The van der Waals surface area contributed by atoms with Crippen molar-refractivity contribution in [3.63, 3.8) is 0 Å². The van der Waals surface area contributed by atoms with Gasteiger partial charge in [-0.2, -0.15) is 0 Å². The second-order valence-electron chi connectivity index (χ2n) is 8.39. The van der Waals surface area contributed by atoms with Gasteiger partial charge in [0.2, 0.25) is 0 Å². The average Bonchev–Trinajstić information content (AvgIpc) is 3.23. The summed E-state index contributed by atoms with van der Waals surface area (Å²) >= 11 is 0. The molecule has 1 fully saturated rings. The first-order valence-electron chi connectivity index (χ1n) is 11.3. The number of carbonyl (C=O) groups is 2. The number of nitrogens with one attached hydrogen (secondary N) is 1. The van der Waals surface area contributed by atoms with Crippen molar-refractivity contribution < 1.29 is 24.2 Å². The predicted molar refractivity (Wildman–Crippen MR) is 124 cm³/mol. The highest BCUT2D eigenvalue weighted by Crippen LogP contribution is 2.29. The van der Waals surface area contributed by atoms with E-state index < -0.39 is 12.1 Å². The Hall–Kier alpha value is -3.88. The number of hydrogen-bond acceptors (Lipinski definition) is 6. The molecule has 0 radical (unpaired) electrons. The Kier molecular flexibility index (Phi) is 7.41. The van der Waals surface area contributed by atoms with Crippen LogP contribution in [0.2, 0.25) is 0 Å². The lowest BCUT2D eigenvalue weighted by molar-refractivity contribution is -0.143. The van der Waals surface area contributed by atoms with Crippen LogP contribution in [0.4, 0.5) is 4.79 Å². The second-order valence-corrected chi connectivity index (χ2v) is 8.39. The second kappa shape index (κ2) is 10.8. The van der Waals surface area contributed by atoms with Gasteiger partial charge in [-0.3, -0.25) is 4.79 Å². The Morgan fingerprint density at radius 3 is 2.62 bits per heavy atom. The summed E-state index contributed by atoms with van der Waals surface area (Å²) in [5.41, 5.74) is 3.14. The number of aryl methyl sites for hydroxylation is 1. The number of carbonyl (C=O) groups excluding carboxylic acids is 1. The lowest BCUT2D eigenvalue weighted by atomic mass is 9.87. The average molecular weight is 465 g/mol. The smallest absolute Gasteiger partial charge is 0.407 e. The minimum absolute atomic E-state index is 0.0983. The Morgan fingerprint density at radius 1 is 1.12 bits per heavy atom. The largest absolute Gasteiger partial charge is 0.490 e. The summed E-state index contributed by atoms with van der Waals surface area (Å²) < 4.78 is 12.9. The zero-order valence-corrected chi connectivity index (χ0v) is 19.0. The van der Waals surface area contributed by atoms with Gasteiger partial charge in [-0.1, -0.05) is 35.5 Å². The zero-order chi connectivity index (χ0) is 23.9. The summed E-state index contributed by atoms with van der Waals surface area (Å²) in [5, 5.41) is 20.4. The number of nitrogens with zero attached hydrogens (tertiary/aromatic N) is 3. The van der Waals surface area contributed by atoms with Crippen LogP contribution in [-0.4, -0.2) is 38.3 Å².